The topological polar surface area (TPSA) is 30.7 Å². The van der Waals surface area contributed by atoms with Crippen LogP contribution < -0.4 is 0 Å². The molecule has 0 saturated carbocycles. The molecule has 2 rings (SSSR count). The molecule has 66 valence electrons. The number of hydrogen-bond donors (Lipinski definition) is 0. The Morgan fingerprint density at radius 2 is 2.54 bits per heavy atom. The highest BCUT2D eigenvalue weighted by Gasteiger charge is 1.97. The lowest BCUT2D eigenvalue weighted by atomic mass is 10.4. The lowest BCUT2D eigenvalue weighted by molar-refractivity contribution is 1.04. The monoisotopic (exact) mass is 242 g/mol. The molecule has 0 spiro atoms. The molecule has 0 radical (unpaired) electrons. The smallest absolute Gasteiger partial charge is 0.105 e. The quantitative estimate of drug-likeness (QED) is 0.769. The maximum atomic E-state index is 7.81. The highest BCUT2D eigenvalue weighted by atomic mass is 79.9. The first-order valence-electron chi connectivity index (χ1n) is 5.98. The van der Waals surface area contributed by atoms with Gasteiger partial charge in [0.15, 0.2) is 0 Å². The van der Waals surface area contributed by atoms with Crippen molar-refractivity contribution in [2.24, 2.45) is 0 Å². The minimum absolute atomic E-state index is 0.300. The van der Waals surface area contributed by atoms with Crippen molar-refractivity contribution in [3.05, 3.63) is 41.1 Å². The minimum atomic E-state index is -2.50. The Balaban J connectivity index is 2.63. The second-order valence-electron chi connectivity index (χ2n) is 2.37. The largest absolute Gasteiger partial charge is 0.304 e. The molecule has 0 N–H and O–H groups in total. The average Bonchev–Trinajstić information content (AvgIpc) is 2.54. The van der Waals surface area contributed by atoms with Crippen molar-refractivity contribution >= 4 is 15.9 Å². The van der Waals surface area contributed by atoms with Crippen molar-refractivity contribution < 1.29 is 6.85 Å². The number of aromatic nitrogens is 3. The minimum Gasteiger partial charge on any atom is -0.304 e. The van der Waals surface area contributed by atoms with Gasteiger partial charge in [-0.15, -0.1) is 0 Å². The van der Waals surface area contributed by atoms with E-state index in [1.165, 1.54) is 6.20 Å². The predicted octanol–water partition coefficient (Wildman–Crippen LogP) is 2.34. The zero-order valence-corrected chi connectivity index (χ0v) is 8.04. The summed E-state index contributed by atoms with van der Waals surface area (Å²) in [4.78, 5) is 7.54. The molecular weight excluding hydrogens is 230 g/mol. The van der Waals surface area contributed by atoms with Crippen molar-refractivity contribution in [1.82, 2.24) is 14.5 Å². The molecule has 0 aromatic carbocycles. The highest BCUT2D eigenvalue weighted by molar-refractivity contribution is 9.10. The summed E-state index contributed by atoms with van der Waals surface area (Å²) in [5.41, 5.74) is 0.0369. The molecule has 0 aliphatic rings. The first kappa shape index (κ1) is 4.37. The molecule has 2 heterocycles. The molecule has 0 amide bonds. The van der Waals surface area contributed by atoms with E-state index in [1.807, 2.05) is 0 Å². The predicted molar refractivity (Wildman–Crippen MR) is 53.8 cm³/mol. The number of rotatable bonds is 1. The number of pyridine rings is 1. The van der Waals surface area contributed by atoms with Crippen LogP contribution in [0.1, 0.15) is 12.5 Å². The molecule has 0 saturated heterocycles. The van der Waals surface area contributed by atoms with Gasteiger partial charge in [0.2, 0.25) is 0 Å². The van der Waals surface area contributed by atoms with E-state index in [9.17, 15) is 0 Å². The number of aryl methyl sites for hydroxylation is 1. The maximum Gasteiger partial charge on any atom is 0.105 e. The first-order valence-corrected chi connectivity index (χ1v) is 4.27. The van der Waals surface area contributed by atoms with E-state index >= 15 is 0 Å². The van der Waals surface area contributed by atoms with Crippen LogP contribution in [-0.4, -0.2) is 14.5 Å². The molecule has 0 atom stereocenters. The van der Waals surface area contributed by atoms with Crippen LogP contribution in [0.25, 0.3) is 5.69 Å². The van der Waals surface area contributed by atoms with Crippen molar-refractivity contribution in [2.75, 3.05) is 0 Å². The van der Waals surface area contributed by atoms with Gasteiger partial charge in [0, 0.05) is 21.0 Å². The molecule has 2 aromatic rings. The number of hydrogen-bond acceptors (Lipinski definition) is 2. The molecule has 2 aromatic heterocycles. The van der Waals surface area contributed by atoms with Crippen LogP contribution in [0.3, 0.4) is 0 Å². The van der Waals surface area contributed by atoms with Gasteiger partial charge in [-0.05, 0) is 28.8 Å². The summed E-state index contributed by atoms with van der Waals surface area (Å²) < 4.78 is 39.0. The van der Waals surface area contributed by atoms with Crippen molar-refractivity contribution in [1.29, 1.82) is 0 Å². The molecule has 0 aliphatic heterocycles. The van der Waals surface area contributed by atoms with E-state index in [0.29, 0.717) is 10.2 Å². The fourth-order valence-corrected chi connectivity index (χ4v) is 1.25. The second kappa shape index (κ2) is 3.30. The zero-order valence-electron chi connectivity index (χ0n) is 11.5. The van der Waals surface area contributed by atoms with E-state index in [2.05, 4.69) is 25.9 Å². The van der Waals surface area contributed by atoms with Crippen LogP contribution in [0.5, 0.6) is 0 Å². The Bertz CT molecular complexity index is 592. The summed E-state index contributed by atoms with van der Waals surface area (Å²) in [6.45, 7) is -2.50. The van der Waals surface area contributed by atoms with Gasteiger partial charge in [0.25, 0.3) is 0 Å². The highest BCUT2D eigenvalue weighted by Crippen LogP contribution is 2.13. The third kappa shape index (κ3) is 1.78. The van der Waals surface area contributed by atoms with E-state index in [-0.39, 0.29) is 18.2 Å². The number of halogens is 1. The Kier molecular flexibility index (Phi) is 1.11. The van der Waals surface area contributed by atoms with Crippen LogP contribution in [0, 0.1) is 6.85 Å². The molecule has 0 unspecified atom stereocenters. The third-order valence-corrected chi connectivity index (χ3v) is 1.86. The standard InChI is InChI=1S/C9H8BrN3/c1-7-5-13(6-12-7)9-2-8(10)3-11-4-9/h2-6H,1H3/i1D3,5D,6D. The summed E-state index contributed by atoms with van der Waals surface area (Å²) in [5.74, 6) is 0. The zero-order chi connectivity index (χ0) is 13.5. The lowest BCUT2D eigenvalue weighted by Gasteiger charge is -2.00. The van der Waals surface area contributed by atoms with Crippen LogP contribution in [0.4, 0.5) is 0 Å². The molecule has 3 nitrogen and oxygen atoms in total. The summed E-state index contributed by atoms with van der Waals surface area (Å²) in [6, 6.07) is 1.63. The number of nitrogens with zero attached hydrogens (tertiary/aromatic N) is 3. The van der Waals surface area contributed by atoms with E-state index < -0.39 is 6.85 Å². The van der Waals surface area contributed by atoms with Gasteiger partial charge in [0.1, 0.15) is 1.37 Å². The Morgan fingerprint density at radius 3 is 3.23 bits per heavy atom. The summed E-state index contributed by atoms with van der Waals surface area (Å²) in [5, 5.41) is 0. The number of imidazole rings is 1. The Morgan fingerprint density at radius 1 is 1.62 bits per heavy atom. The fourth-order valence-electron chi connectivity index (χ4n) is 0.901. The second-order valence-corrected chi connectivity index (χ2v) is 3.28. The van der Waals surface area contributed by atoms with E-state index in [0.717, 1.165) is 4.57 Å². The average molecular weight is 243 g/mol. The molecule has 0 aliphatic carbocycles. The molecule has 4 heteroatoms. The summed E-state index contributed by atoms with van der Waals surface area (Å²) in [6.07, 6.45) is 2.37. The molecule has 0 bridgehead atoms. The molecule has 0 fully saturated rings. The SMILES string of the molecule is [2H]c1nc(C([2H])([2H])[2H])c([2H])n1-c1cncc(Br)c1. The first-order chi connectivity index (χ1) is 8.30. The van der Waals surface area contributed by atoms with Gasteiger partial charge >= 0.3 is 0 Å². The fraction of sp³-hybridized carbons (Fsp3) is 0.111. The third-order valence-electron chi connectivity index (χ3n) is 1.43. The van der Waals surface area contributed by atoms with Gasteiger partial charge in [-0.2, -0.15) is 0 Å². The van der Waals surface area contributed by atoms with E-state index in [1.54, 1.807) is 12.3 Å². The summed E-state index contributed by atoms with van der Waals surface area (Å²) in [7, 11) is 0. The van der Waals surface area contributed by atoms with Crippen molar-refractivity contribution in [3.63, 3.8) is 0 Å². The van der Waals surface area contributed by atoms with Crippen LogP contribution >= 0.6 is 15.9 Å². The van der Waals surface area contributed by atoms with Crippen molar-refractivity contribution in [2.45, 2.75) is 6.85 Å². The Labute approximate surface area is 91.6 Å². The van der Waals surface area contributed by atoms with Gasteiger partial charge in [-0.25, -0.2) is 4.98 Å². The van der Waals surface area contributed by atoms with Crippen LogP contribution in [0.15, 0.2) is 35.4 Å². The van der Waals surface area contributed by atoms with Crippen LogP contribution in [-0.2, 0) is 0 Å². The van der Waals surface area contributed by atoms with E-state index in [4.69, 9.17) is 6.85 Å². The van der Waals surface area contributed by atoms with Crippen LogP contribution in [0.2, 0.25) is 0 Å². The maximum absolute atomic E-state index is 7.81. The molecular formula is C9H8BrN3. The van der Waals surface area contributed by atoms with Crippen molar-refractivity contribution in [3.8, 4) is 5.69 Å². The van der Waals surface area contributed by atoms with Gasteiger partial charge in [0.05, 0.1) is 25.3 Å². The normalized spacial score (nSPS) is 16.8. The summed E-state index contributed by atoms with van der Waals surface area (Å²) >= 11 is 3.23. The van der Waals surface area contributed by atoms with Gasteiger partial charge in [-0.3, -0.25) is 4.98 Å². The molecule has 13 heavy (non-hydrogen) atoms. The van der Waals surface area contributed by atoms with Gasteiger partial charge < -0.3 is 4.57 Å². The van der Waals surface area contributed by atoms with Gasteiger partial charge in [-0.1, -0.05) is 0 Å². The lowest BCUT2D eigenvalue weighted by Crippen LogP contribution is -1.90. The Hall–Kier alpha value is -1.16.